The summed E-state index contributed by atoms with van der Waals surface area (Å²) in [5, 5.41) is 11.1. The molecule has 1 aromatic heterocycles. The third-order valence-corrected chi connectivity index (χ3v) is 2.82. The first-order chi connectivity index (χ1) is 9.90. The molecule has 21 heavy (non-hydrogen) atoms. The van der Waals surface area contributed by atoms with Crippen LogP contribution in [0.5, 0.6) is 0 Å². The number of nitrogens with two attached hydrogens (primary N) is 1. The smallest absolute Gasteiger partial charge is 0.311 e. The lowest BCUT2D eigenvalue weighted by molar-refractivity contribution is -0.384. The SMILES string of the molecule is CCCN(CC(=O)N(C)C)c1nc(NN)ccc1[N+](=O)[O-]. The monoisotopic (exact) mass is 296 g/mol. The summed E-state index contributed by atoms with van der Waals surface area (Å²) in [6, 6.07) is 2.74. The molecule has 116 valence electrons. The maximum absolute atomic E-state index is 11.9. The molecule has 0 fully saturated rings. The molecule has 1 heterocycles. The Hall–Kier alpha value is -2.42. The van der Waals surface area contributed by atoms with Crippen molar-refractivity contribution in [3.05, 3.63) is 22.2 Å². The number of nitro groups is 1. The largest absolute Gasteiger partial charge is 0.347 e. The molecule has 0 atom stereocenters. The summed E-state index contributed by atoms with van der Waals surface area (Å²) in [4.78, 5) is 29.6. The highest BCUT2D eigenvalue weighted by molar-refractivity contribution is 5.81. The van der Waals surface area contributed by atoms with Crippen LogP contribution in [0, 0.1) is 10.1 Å². The summed E-state index contributed by atoms with van der Waals surface area (Å²) in [5.41, 5.74) is 2.19. The minimum atomic E-state index is -0.522. The Kier molecular flexibility index (Phi) is 5.85. The second kappa shape index (κ2) is 7.39. The van der Waals surface area contributed by atoms with Crippen molar-refractivity contribution in [3.8, 4) is 0 Å². The molecular weight excluding hydrogens is 276 g/mol. The maximum Gasteiger partial charge on any atom is 0.311 e. The fourth-order valence-electron chi connectivity index (χ4n) is 1.73. The normalized spacial score (nSPS) is 10.1. The van der Waals surface area contributed by atoms with E-state index in [4.69, 9.17) is 5.84 Å². The van der Waals surface area contributed by atoms with E-state index in [1.165, 1.54) is 17.0 Å². The van der Waals surface area contributed by atoms with Gasteiger partial charge in [0.15, 0.2) is 0 Å². The van der Waals surface area contributed by atoms with Crippen molar-refractivity contribution < 1.29 is 9.72 Å². The highest BCUT2D eigenvalue weighted by Crippen LogP contribution is 2.27. The number of hydrogen-bond acceptors (Lipinski definition) is 7. The quantitative estimate of drug-likeness (QED) is 0.429. The number of likely N-dealkylation sites (N-methyl/N-ethyl adjacent to an activating group) is 1. The number of carbonyl (C=O) groups excluding carboxylic acids is 1. The van der Waals surface area contributed by atoms with E-state index in [0.717, 1.165) is 6.42 Å². The van der Waals surface area contributed by atoms with Gasteiger partial charge in [0.2, 0.25) is 11.7 Å². The Morgan fingerprint density at radius 1 is 1.48 bits per heavy atom. The number of amides is 1. The molecule has 0 bridgehead atoms. The zero-order valence-corrected chi connectivity index (χ0v) is 12.4. The second-order valence-electron chi connectivity index (χ2n) is 4.65. The lowest BCUT2D eigenvalue weighted by atomic mass is 10.3. The highest BCUT2D eigenvalue weighted by atomic mass is 16.6. The predicted molar refractivity (Wildman–Crippen MR) is 79.9 cm³/mol. The number of aromatic nitrogens is 1. The van der Waals surface area contributed by atoms with Crippen molar-refractivity contribution in [1.82, 2.24) is 9.88 Å². The Labute approximate surface area is 122 Å². The van der Waals surface area contributed by atoms with Gasteiger partial charge in [-0.3, -0.25) is 14.9 Å². The van der Waals surface area contributed by atoms with Gasteiger partial charge >= 0.3 is 5.69 Å². The maximum atomic E-state index is 11.9. The molecule has 0 radical (unpaired) electrons. The molecule has 9 heteroatoms. The van der Waals surface area contributed by atoms with E-state index in [1.54, 1.807) is 19.0 Å². The summed E-state index contributed by atoms with van der Waals surface area (Å²) in [6.07, 6.45) is 0.722. The molecule has 1 rings (SSSR count). The van der Waals surface area contributed by atoms with E-state index in [9.17, 15) is 14.9 Å². The van der Waals surface area contributed by atoms with Crippen LogP contribution < -0.4 is 16.2 Å². The van der Waals surface area contributed by atoms with Crippen LogP contribution in [0.4, 0.5) is 17.3 Å². The van der Waals surface area contributed by atoms with Crippen molar-refractivity contribution in [2.45, 2.75) is 13.3 Å². The minimum absolute atomic E-state index is 0.0166. The molecule has 9 nitrogen and oxygen atoms in total. The first kappa shape index (κ1) is 16.6. The van der Waals surface area contributed by atoms with Gasteiger partial charge in [-0.05, 0) is 12.5 Å². The number of rotatable bonds is 7. The van der Waals surface area contributed by atoms with Gasteiger partial charge in [0.05, 0.1) is 11.5 Å². The minimum Gasteiger partial charge on any atom is -0.347 e. The fraction of sp³-hybridized carbons (Fsp3) is 0.500. The molecule has 1 amide bonds. The molecular formula is C12H20N6O3. The number of hydrogen-bond donors (Lipinski definition) is 2. The van der Waals surface area contributed by atoms with Gasteiger partial charge in [0.1, 0.15) is 5.82 Å². The third kappa shape index (κ3) is 4.28. The van der Waals surface area contributed by atoms with Crippen LogP contribution in [0.3, 0.4) is 0 Å². The predicted octanol–water partition coefficient (Wildman–Crippen LogP) is 0.580. The van der Waals surface area contributed by atoms with E-state index in [0.29, 0.717) is 12.4 Å². The first-order valence-electron chi connectivity index (χ1n) is 6.47. The van der Waals surface area contributed by atoms with Gasteiger partial charge in [-0.25, -0.2) is 10.8 Å². The van der Waals surface area contributed by atoms with Gasteiger partial charge in [-0.15, -0.1) is 0 Å². The number of nitrogens with one attached hydrogen (secondary N) is 1. The molecule has 0 unspecified atom stereocenters. The van der Waals surface area contributed by atoms with Gasteiger partial charge in [-0.2, -0.15) is 0 Å². The molecule has 1 aromatic rings. The van der Waals surface area contributed by atoms with E-state index in [-0.39, 0.29) is 24.0 Å². The molecule has 0 aliphatic rings. The van der Waals surface area contributed by atoms with Crippen LogP contribution in [0.1, 0.15) is 13.3 Å². The van der Waals surface area contributed by atoms with Crippen LogP contribution in [-0.4, -0.2) is 47.9 Å². The Morgan fingerprint density at radius 2 is 2.14 bits per heavy atom. The summed E-state index contributed by atoms with van der Waals surface area (Å²) >= 11 is 0. The number of anilines is 2. The molecule has 0 aromatic carbocycles. The second-order valence-corrected chi connectivity index (χ2v) is 4.65. The average molecular weight is 296 g/mol. The van der Waals surface area contributed by atoms with Crippen LogP contribution >= 0.6 is 0 Å². The average Bonchev–Trinajstić information content (AvgIpc) is 2.45. The Bertz CT molecular complexity index is 520. The number of nitrogen functional groups attached to an aromatic ring is 1. The van der Waals surface area contributed by atoms with Gasteiger partial charge in [0.25, 0.3) is 0 Å². The molecule has 0 saturated carbocycles. The van der Waals surface area contributed by atoms with Crippen molar-refractivity contribution in [1.29, 1.82) is 0 Å². The van der Waals surface area contributed by atoms with Crippen molar-refractivity contribution in [3.63, 3.8) is 0 Å². The van der Waals surface area contributed by atoms with E-state index in [2.05, 4.69) is 10.4 Å². The van der Waals surface area contributed by atoms with Gasteiger partial charge in [0, 0.05) is 26.7 Å². The van der Waals surface area contributed by atoms with E-state index >= 15 is 0 Å². The fourth-order valence-corrected chi connectivity index (χ4v) is 1.73. The van der Waals surface area contributed by atoms with Crippen molar-refractivity contribution >= 4 is 23.2 Å². The molecule has 0 aliphatic carbocycles. The molecule has 0 saturated heterocycles. The van der Waals surface area contributed by atoms with Crippen LogP contribution in [0.2, 0.25) is 0 Å². The van der Waals surface area contributed by atoms with Crippen LogP contribution in [0.25, 0.3) is 0 Å². The number of hydrazine groups is 1. The van der Waals surface area contributed by atoms with Gasteiger partial charge < -0.3 is 15.2 Å². The lowest BCUT2D eigenvalue weighted by Crippen LogP contribution is -2.38. The first-order valence-corrected chi connectivity index (χ1v) is 6.47. The summed E-state index contributed by atoms with van der Waals surface area (Å²) < 4.78 is 0. The number of carbonyl (C=O) groups is 1. The van der Waals surface area contributed by atoms with E-state index < -0.39 is 4.92 Å². The van der Waals surface area contributed by atoms with Crippen molar-refractivity contribution in [2.24, 2.45) is 5.84 Å². The molecule has 0 aliphatic heterocycles. The summed E-state index contributed by atoms with van der Waals surface area (Å²) in [5.74, 6) is 5.56. The topological polar surface area (TPSA) is 118 Å². The van der Waals surface area contributed by atoms with Gasteiger partial charge in [-0.1, -0.05) is 6.92 Å². The number of pyridine rings is 1. The zero-order valence-electron chi connectivity index (χ0n) is 12.4. The Balaban J connectivity index is 3.21. The van der Waals surface area contributed by atoms with Crippen molar-refractivity contribution in [2.75, 3.05) is 37.5 Å². The zero-order chi connectivity index (χ0) is 16.0. The highest BCUT2D eigenvalue weighted by Gasteiger charge is 2.23. The number of nitrogens with zero attached hydrogens (tertiary/aromatic N) is 4. The summed E-state index contributed by atoms with van der Waals surface area (Å²) in [6.45, 7) is 2.41. The molecule has 3 N–H and O–H groups in total. The lowest BCUT2D eigenvalue weighted by Gasteiger charge is -2.24. The van der Waals surface area contributed by atoms with Crippen LogP contribution in [0.15, 0.2) is 12.1 Å². The Morgan fingerprint density at radius 3 is 2.62 bits per heavy atom. The standard InChI is InChI=1S/C12H20N6O3/c1-4-7-17(8-11(19)16(2)3)12-9(18(20)21)5-6-10(14-12)15-13/h5-6H,4,7-8,13H2,1-3H3,(H,14,15). The third-order valence-electron chi connectivity index (χ3n) is 2.82. The summed E-state index contributed by atoms with van der Waals surface area (Å²) in [7, 11) is 3.26. The van der Waals surface area contributed by atoms with E-state index in [1.807, 2.05) is 6.92 Å². The molecule has 0 spiro atoms. The van der Waals surface area contributed by atoms with Crippen LogP contribution in [-0.2, 0) is 4.79 Å².